The first-order valence-corrected chi connectivity index (χ1v) is 22.4. The standard InChI is InChI=1S/C47H80O10/c1-3-5-7-9-11-13-15-17-19-20-22-23-25-27-29-31-33-35-42(49)54-38-40(39-55-47-46(53)45(52)44(51)41(37-48)57-47)56-43(50)36-34-32-30-28-26-24-21-18-16-14-12-10-8-6-4-2/h11,13,17,19,22-23,26-29,40-41,44-48,51-53H,3-10,12,14-16,18,20-21,24-25,30-39H2,1-2H3/b13-11+,19-17+,23-22+,28-26+,29-27+/t40-,41-,44+,45?,46?,47-/m0/s1. The molecule has 0 aromatic carbocycles. The van der Waals surface area contributed by atoms with E-state index in [1.54, 1.807) is 0 Å². The molecule has 57 heavy (non-hydrogen) atoms. The summed E-state index contributed by atoms with van der Waals surface area (Å²) >= 11 is 0. The van der Waals surface area contributed by atoms with Gasteiger partial charge >= 0.3 is 11.9 Å². The van der Waals surface area contributed by atoms with E-state index in [-0.39, 0.29) is 26.1 Å². The van der Waals surface area contributed by atoms with Crippen LogP contribution in [0.4, 0.5) is 0 Å². The molecule has 4 N–H and O–H groups in total. The molecule has 0 amide bonds. The van der Waals surface area contributed by atoms with Gasteiger partial charge in [0.05, 0.1) is 13.2 Å². The van der Waals surface area contributed by atoms with Crippen LogP contribution in [-0.2, 0) is 28.5 Å². The fraction of sp³-hybridized carbons (Fsp3) is 0.745. The maximum atomic E-state index is 12.7. The van der Waals surface area contributed by atoms with Crippen molar-refractivity contribution in [3.8, 4) is 0 Å². The van der Waals surface area contributed by atoms with Crippen LogP contribution in [-0.4, -0.2) is 89.0 Å². The number of carbonyl (C=O) groups is 2. The molecule has 1 heterocycles. The second-order valence-corrected chi connectivity index (χ2v) is 15.1. The molecule has 328 valence electrons. The molecule has 10 nitrogen and oxygen atoms in total. The Morgan fingerprint density at radius 3 is 1.58 bits per heavy atom. The lowest BCUT2D eigenvalue weighted by atomic mass is 9.99. The molecule has 0 spiro atoms. The van der Waals surface area contributed by atoms with Crippen LogP contribution in [0, 0.1) is 0 Å². The second-order valence-electron chi connectivity index (χ2n) is 15.1. The average molecular weight is 805 g/mol. The summed E-state index contributed by atoms with van der Waals surface area (Å²) in [5, 5.41) is 40.0. The molecule has 0 bridgehead atoms. The molecule has 0 aliphatic carbocycles. The lowest BCUT2D eigenvalue weighted by Crippen LogP contribution is -2.59. The molecule has 10 heteroatoms. The van der Waals surface area contributed by atoms with Gasteiger partial charge in [0.25, 0.3) is 0 Å². The minimum absolute atomic E-state index is 0.186. The molecular formula is C47H80O10. The summed E-state index contributed by atoms with van der Waals surface area (Å²) < 4.78 is 22.1. The Hall–Kier alpha value is -2.60. The van der Waals surface area contributed by atoms with Gasteiger partial charge in [0.1, 0.15) is 31.0 Å². The summed E-state index contributed by atoms with van der Waals surface area (Å²) in [7, 11) is 0. The van der Waals surface area contributed by atoms with Crippen LogP contribution >= 0.6 is 0 Å². The molecule has 2 unspecified atom stereocenters. The number of esters is 2. The average Bonchev–Trinajstić information content (AvgIpc) is 3.21. The van der Waals surface area contributed by atoms with Gasteiger partial charge in [-0.25, -0.2) is 0 Å². The van der Waals surface area contributed by atoms with E-state index in [4.69, 9.17) is 18.9 Å². The zero-order chi connectivity index (χ0) is 41.6. The van der Waals surface area contributed by atoms with Crippen molar-refractivity contribution < 1.29 is 49.0 Å². The van der Waals surface area contributed by atoms with Crippen LogP contribution in [0.1, 0.15) is 168 Å². The van der Waals surface area contributed by atoms with Crippen molar-refractivity contribution in [1.29, 1.82) is 0 Å². The van der Waals surface area contributed by atoms with E-state index in [0.717, 1.165) is 51.4 Å². The minimum Gasteiger partial charge on any atom is -0.462 e. The van der Waals surface area contributed by atoms with Crippen molar-refractivity contribution in [2.45, 2.75) is 205 Å². The monoisotopic (exact) mass is 805 g/mol. The number of allylic oxidation sites excluding steroid dienone is 10. The Balaban J connectivity index is 2.40. The van der Waals surface area contributed by atoms with Gasteiger partial charge in [0.2, 0.25) is 0 Å². The highest BCUT2D eigenvalue weighted by molar-refractivity contribution is 5.70. The molecule has 1 aliphatic rings. The highest BCUT2D eigenvalue weighted by atomic mass is 16.7. The maximum Gasteiger partial charge on any atom is 0.306 e. The number of rotatable bonds is 36. The first kappa shape index (κ1) is 52.4. The van der Waals surface area contributed by atoms with Crippen molar-refractivity contribution in [3.63, 3.8) is 0 Å². The normalized spacial score (nSPS) is 20.8. The van der Waals surface area contributed by atoms with E-state index in [0.29, 0.717) is 12.8 Å². The number of hydrogen-bond acceptors (Lipinski definition) is 10. The molecule has 0 aromatic heterocycles. The van der Waals surface area contributed by atoms with Gasteiger partial charge in [-0.05, 0) is 77.0 Å². The van der Waals surface area contributed by atoms with Crippen molar-refractivity contribution in [2.24, 2.45) is 0 Å². The second kappa shape index (κ2) is 37.7. The third-order valence-corrected chi connectivity index (χ3v) is 9.88. The van der Waals surface area contributed by atoms with Crippen LogP contribution in [0.2, 0.25) is 0 Å². The van der Waals surface area contributed by atoms with Gasteiger partial charge in [-0.2, -0.15) is 0 Å². The maximum absolute atomic E-state index is 12.7. The van der Waals surface area contributed by atoms with Crippen molar-refractivity contribution in [2.75, 3.05) is 19.8 Å². The minimum atomic E-state index is -1.61. The number of aliphatic hydroxyl groups is 4. The van der Waals surface area contributed by atoms with Gasteiger partial charge in [-0.3, -0.25) is 9.59 Å². The molecule has 1 aliphatic heterocycles. The van der Waals surface area contributed by atoms with Crippen molar-refractivity contribution >= 4 is 11.9 Å². The molecular weight excluding hydrogens is 725 g/mol. The summed E-state index contributed by atoms with van der Waals surface area (Å²) in [6.45, 7) is 3.31. The van der Waals surface area contributed by atoms with Gasteiger partial charge in [-0.15, -0.1) is 0 Å². The first-order valence-electron chi connectivity index (χ1n) is 22.4. The van der Waals surface area contributed by atoms with Gasteiger partial charge in [0, 0.05) is 12.8 Å². The van der Waals surface area contributed by atoms with Gasteiger partial charge in [0.15, 0.2) is 12.4 Å². The third kappa shape index (κ3) is 29.3. The molecule has 6 atom stereocenters. The number of hydrogen-bond donors (Lipinski definition) is 4. The fourth-order valence-corrected chi connectivity index (χ4v) is 6.29. The first-order chi connectivity index (χ1) is 27.8. The Morgan fingerprint density at radius 1 is 0.544 bits per heavy atom. The van der Waals surface area contributed by atoms with Crippen LogP contribution in [0.5, 0.6) is 0 Å². The van der Waals surface area contributed by atoms with Crippen LogP contribution in [0.25, 0.3) is 0 Å². The molecule has 0 saturated carbocycles. The molecule has 0 radical (unpaired) electrons. The number of aliphatic hydroxyl groups excluding tert-OH is 4. The highest BCUT2D eigenvalue weighted by Gasteiger charge is 2.44. The Kier molecular flexibility index (Phi) is 34.6. The zero-order valence-corrected chi connectivity index (χ0v) is 35.6. The largest absolute Gasteiger partial charge is 0.462 e. The lowest BCUT2D eigenvalue weighted by Gasteiger charge is -2.39. The number of unbranched alkanes of at least 4 members (excludes halogenated alkanes) is 15. The van der Waals surface area contributed by atoms with Crippen LogP contribution in [0.3, 0.4) is 0 Å². The van der Waals surface area contributed by atoms with E-state index in [9.17, 15) is 30.0 Å². The molecule has 1 rings (SSSR count). The van der Waals surface area contributed by atoms with Crippen molar-refractivity contribution in [3.05, 3.63) is 60.8 Å². The topological polar surface area (TPSA) is 152 Å². The third-order valence-electron chi connectivity index (χ3n) is 9.88. The van der Waals surface area contributed by atoms with E-state index in [1.165, 1.54) is 77.0 Å². The highest BCUT2D eigenvalue weighted by Crippen LogP contribution is 2.22. The van der Waals surface area contributed by atoms with Gasteiger partial charge in [-0.1, -0.05) is 139 Å². The predicted molar refractivity (Wildman–Crippen MR) is 228 cm³/mol. The summed E-state index contributed by atoms with van der Waals surface area (Å²) in [6, 6.07) is 0. The SMILES string of the molecule is CCCCC/C=C/C/C=C/C/C=C/C/C=C/CCCC(=O)OC[C@@H](CO[C@H]1O[C@@H](CO)[C@@H](O)C(O)C1O)OC(=O)CCCC/C=C/CCCCCCCCCCC. The number of carbonyl (C=O) groups excluding carboxylic acids is 2. The van der Waals surface area contributed by atoms with E-state index < -0.39 is 55.4 Å². The van der Waals surface area contributed by atoms with Gasteiger partial charge < -0.3 is 39.4 Å². The predicted octanol–water partition coefficient (Wildman–Crippen LogP) is 9.44. The Labute approximate surface area is 345 Å². The summed E-state index contributed by atoms with van der Waals surface area (Å²) in [5.74, 6) is -0.901. The molecule has 1 fully saturated rings. The van der Waals surface area contributed by atoms with E-state index in [1.807, 2.05) is 6.08 Å². The molecule has 0 aromatic rings. The summed E-state index contributed by atoms with van der Waals surface area (Å²) in [5.41, 5.74) is 0. The smallest absolute Gasteiger partial charge is 0.306 e. The molecule has 1 saturated heterocycles. The quantitative estimate of drug-likeness (QED) is 0.0274. The van der Waals surface area contributed by atoms with E-state index >= 15 is 0 Å². The fourth-order valence-electron chi connectivity index (χ4n) is 6.29. The zero-order valence-electron chi connectivity index (χ0n) is 35.6. The summed E-state index contributed by atoms with van der Waals surface area (Å²) in [4.78, 5) is 25.3. The Morgan fingerprint density at radius 2 is 1.00 bits per heavy atom. The van der Waals surface area contributed by atoms with Crippen LogP contribution < -0.4 is 0 Å². The number of ether oxygens (including phenoxy) is 4. The van der Waals surface area contributed by atoms with Crippen LogP contribution in [0.15, 0.2) is 60.8 Å². The van der Waals surface area contributed by atoms with E-state index in [2.05, 4.69) is 68.5 Å². The summed E-state index contributed by atoms with van der Waals surface area (Å²) in [6.07, 6.45) is 38.0. The van der Waals surface area contributed by atoms with Crippen molar-refractivity contribution in [1.82, 2.24) is 0 Å². The Bertz CT molecular complexity index is 1110. The lowest BCUT2D eigenvalue weighted by molar-refractivity contribution is -0.305.